The number of anilines is 2. The molecule has 0 unspecified atom stereocenters. The molecule has 0 atom stereocenters. The van der Waals surface area contributed by atoms with Crippen LogP contribution in [0.3, 0.4) is 0 Å². The van der Waals surface area contributed by atoms with E-state index < -0.39 is 0 Å². The minimum atomic E-state index is -0.236. The zero-order chi connectivity index (χ0) is 20.6. The predicted molar refractivity (Wildman–Crippen MR) is 123 cm³/mol. The highest BCUT2D eigenvalue weighted by molar-refractivity contribution is 9.10. The molecule has 0 bridgehead atoms. The predicted octanol–water partition coefficient (Wildman–Crippen LogP) is 6.29. The molecule has 150 valence electrons. The van der Waals surface area contributed by atoms with Gasteiger partial charge in [0.2, 0.25) is 0 Å². The fraction of sp³-hybridized carbons (Fsp3) is 0.174. The topological polar surface area (TPSA) is 50.4 Å². The second-order valence-electron chi connectivity index (χ2n) is 6.51. The van der Waals surface area contributed by atoms with Gasteiger partial charge in [0.05, 0.1) is 4.47 Å². The van der Waals surface area contributed by atoms with E-state index in [-0.39, 0.29) is 12.5 Å². The molecule has 0 spiro atoms. The Morgan fingerprint density at radius 1 is 0.966 bits per heavy atom. The first-order valence-corrected chi connectivity index (χ1v) is 10.5. The molecule has 3 aromatic carbocycles. The summed E-state index contributed by atoms with van der Waals surface area (Å²) in [5.41, 5.74) is 4.18. The number of aryl methyl sites for hydroxylation is 1. The van der Waals surface area contributed by atoms with Crippen molar-refractivity contribution in [1.82, 2.24) is 0 Å². The lowest BCUT2D eigenvalue weighted by Gasteiger charge is -2.11. The lowest BCUT2D eigenvalue weighted by Crippen LogP contribution is -2.20. The lowest BCUT2D eigenvalue weighted by atomic mass is 10.1. The van der Waals surface area contributed by atoms with Crippen LogP contribution >= 0.6 is 27.5 Å². The van der Waals surface area contributed by atoms with E-state index in [2.05, 4.69) is 57.8 Å². The van der Waals surface area contributed by atoms with Gasteiger partial charge in [-0.25, -0.2) is 0 Å². The van der Waals surface area contributed by atoms with Crippen LogP contribution < -0.4 is 15.4 Å². The van der Waals surface area contributed by atoms with Crippen LogP contribution in [0.4, 0.5) is 11.4 Å². The number of ether oxygens (including phenoxy) is 1. The highest BCUT2D eigenvalue weighted by atomic mass is 79.9. The summed E-state index contributed by atoms with van der Waals surface area (Å²) in [5.74, 6) is 0.382. The van der Waals surface area contributed by atoms with Crippen molar-refractivity contribution in [2.24, 2.45) is 0 Å². The van der Waals surface area contributed by atoms with Crippen molar-refractivity contribution in [3.05, 3.63) is 87.4 Å². The molecular formula is C23H22BrClN2O2. The minimum Gasteiger partial charge on any atom is -0.483 e. The smallest absolute Gasteiger partial charge is 0.262 e. The number of halogens is 2. The summed E-state index contributed by atoms with van der Waals surface area (Å²) in [6.45, 7) is 2.76. The van der Waals surface area contributed by atoms with Gasteiger partial charge in [-0.15, -0.1) is 0 Å². The highest BCUT2D eigenvalue weighted by Crippen LogP contribution is 2.26. The van der Waals surface area contributed by atoms with Crippen LogP contribution in [0, 0.1) is 0 Å². The Hall–Kier alpha value is -2.50. The zero-order valence-electron chi connectivity index (χ0n) is 16.0. The molecule has 2 N–H and O–H groups in total. The SMILES string of the molecule is CCc1ccc(NCc2ccc(OCC(=O)Nc3ccc(Cl)cc3)c(Br)c2)cc1. The van der Waals surface area contributed by atoms with Crippen molar-refractivity contribution in [2.75, 3.05) is 17.2 Å². The summed E-state index contributed by atoms with van der Waals surface area (Å²) in [6, 6.07) is 21.2. The van der Waals surface area contributed by atoms with Crippen LogP contribution in [0.2, 0.25) is 5.02 Å². The third-order valence-corrected chi connectivity index (χ3v) is 5.21. The van der Waals surface area contributed by atoms with Crippen molar-refractivity contribution in [2.45, 2.75) is 19.9 Å². The van der Waals surface area contributed by atoms with Gasteiger partial charge in [0.15, 0.2) is 6.61 Å². The Balaban J connectivity index is 1.50. The van der Waals surface area contributed by atoms with Gasteiger partial charge in [0.25, 0.3) is 5.91 Å². The maximum absolute atomic E-state index is 12.1. The average molecular weight is 474 g/mol. The molecule has 0 aromatic heterocycles. The van der Waals surface area contributed by atoms with Crippen molar-refractivity contribution < 1.29 is 9.53 Å². The van der Waals surface area contributed by atoms with Crippen LogP contribution in [0.1, 0.15) is 18.1 Å². The summed E-state index contributed by atoms with van der Waals surface area (Å²) in [4.78, 5) is 12.1. The zero-order valence-corrected chi connectivity index (χ0v) is 18.4. The van der Waals surface area contributed by atoms with E-state index in [1.807, 2.05) is 18.2 Å². The van der Waals surface area contributed by atoms with Crippen molar-refractivity contribution >= 4 is 44.8 Å². The maximum atomic E-state index is 12.1. The van der Waals surface area contributed by atoms with Crippen LogP contribution in [-0.4, -0.2) is 12.5 Å². The third kappa shape index (κ3) is 6.51. The van der Waals surface area contributed by atoms with Crippen molar-refractivity contribution in [3.8, 4) is 5.75 Å². The number of carbonyl (C=O) groups excluding carboxylic acids is 1. The molecule has 0 heterocycles. The number of benzene rings is 3. The number of hydrogen-bond acceptors (Lipinski definition) is 3. The van der Waals surface area contributed by atoms with E-state index in [1.165, 1.54) is 5.56 Å². The van der Waals surface area contributed by atoms with E-state index in [0.717, 1.165) is 22.1 Å². The molecule has 0 fully saturated rings. The standard InChI is InChI=1S/C23H22BrClN2O2/c1-2-16-3-8-19(9-4-16)26-14-17-5-12-22(21(24)13-17)29-15-23(28)27-20-10-6-18(25)7-11-20/h3-13,26H,2,14-15H2,1H3,(H,27,28). The van der Waals surface area contributed by atoms with Gasteiger partial charge in [-0.2, -0.15) is 0 Å². The summed E-state index contributed by atoms with van der Waals surface area (Å²) >= 11 is 9.36. The van der Waals surface area contributed by atoms with Crippen molar-refractivity contribution in [3.63, 3.8) is 0 Å². The Bertz CT molecular complexity index is 960. The van der Waals surface area contributed by atoms with E-state index in [0.29, 0.717) is 23.0 Å². The molecule has 6 heteroatoms. The molecular weight excluding hydrogens is 452 g/mol. The number of hydrogen-bond donors (Lipinski definition) is 2. The number of amides is 1. The van der Waals surface area contributed by atoms with Gasteiger partial charge in [-0.05, 0) is 82.0 Å². The van der Waals surface area contributed by atoms with E-state index >= 15 is 0 Å². The molecule has 0 aliphatic heterocycles. The van der Waals surface area contributed by atoms with E-state index in [1.54, 1.807) is 24.3 Å². The second kappa shape index (κ2) is 10.3. The largest absolute Gasteiger partial charge is 0.483 e. The monoisotopic (exact) mass is 472 g/mol. The Morgan fingerprint density at radius 3 is 2.28 bits per heavy atom. The first-order chi connectivity index (χ1) is 14.0. The molecule has 3 rings (SSSR count). The molecule has 1 amide bonds. The summed E-state index contributed by atoms with van der Waals surface area (Å²) < 4.78 is 6.44. The quantitative estimate of drug-likeness (QED) is 0.404. The summed E-state index contributed by atoms with van der Waals surface area (Å²) in [7, 11) is 0. The van der Waals surface area contributed by atoms with Crippen LogP contribution in [0.25, 0.3) is 0 Å². The van der Waals surface area contributed by atoms with Gasteiger partial charge < -0.3 is 15.4 Å². The molecule has 3 aromatic rings. The molecule has 0 saturated heterocycles. The van der Waals surface area contributed by atoms with Crippen LogP contribution in [0.15, 0.2) is 71.2 Å². The summed E-state index contributed by atoms with van der Waals surface area (Å²) in [5, 5.41) is 6.80. The molecule has 0 radical (unpaired) electrons. The fourth-order valence-electron chi connectivity index (χ4n) is 2.71. The summed E-state index contributed by atoms with van der Waals surface area (Å²) in [6.07, 6.45) is 1.03. The van der Waals surface area contributed by atoms with E-state index in [4.69, 9.17) is 16.3 Å². The normalized spacial score (nSPS) is 10.4. The number of nitrogens with one attached hydrogen (secondary N) is 2. The van der Waals surface area contributed by atoms with Crippen LogP contribution in [0.5, 0.6) is 5.75 Å². The Labute approximate surface area is 184 Å². The Morgan fingerprint density at radius 2 is 1.62 bits per heavy atom. The first-order valence-electron chi connectivity index (χ1n) is 9.33. The van der Waals surface area contributed by atoms with Gasteiger partial charge in [-0.3, -0.25) is 4.79 Å². The molecule has 4 nitrogen and oxygen atoms in total. The lowest BCUT2D eigenvalue weighted by molar-refractivity contribution is -0.118. The average Bonchev–Trinajstić information content (AvgIpc) is 2.73. The van der Waals surface area contributed by atoms with Gasteiger partial charge in [-0.1, -0.05) is 36.7 Å². The minimum absolute atomic E-state index is 0.0808. The first kappa shape index (κ1) is 21.2. The van der Waals surface area contributed by atoms with Gasteiger partial charge >= 0.3 is 0 Å². The number of rotatable bonds is 8. The van der Waals surface area contributed by atoms with E-state index in [9.17, 15) is 4.79 Å². The molecule has 0 saturated carbocycles. The Kier molecular flexibility index (Phi) is 7.55. The molecule has 0 aliphatic rings. The van der Waals surface area contributed by atoms with Crippen LogP contribution in [-0.2, 0) is 17.8 Å². The second-order valence-corrected chi connectivity index (χ2v) is 7.80. The van der Waals surface area contributed by atoms with Crippen molar-refractivity contribution in [1.29, 1.82) is 0 Å². The molecule has 0 aliphatic carbocycles. The molecule has 29 heavy (non-hydrogen) atoms. The highest BCUT2D eigenvalue weighted by Gasteiger charge is 2.07. The third-order valence-electron chi connectivity index (χ3n) is 4.34. The fourth-order valence-corrected chi connectivity index (χ4v) is 3.37. The number of carbonyl (C=O) groups is 1. The van der Waals surface area contributed by atoms with Gasteiger partial charge in [0.1, 0.15) is 5.75 Å². The van der Waals surface area contributed by atoms with Gasteiger partial charge in [0, 0.05) is 22.9 Å². The maximum Gasteiger partial charge on any atom is 0.262 e.